The summed E-state index contributed by atoms with van der Waals surface area (Å²) in [6, 6.07) is 5.53. The van der Waals surface area contributed by atoms with Gasteiger partial charge in [0.1, 0.15) is 5.75 Å². The van der Waals surface area contributed by atoms with Gasteiger partial charge in [0, 0.05) is 17.5 Å². The Kier molecular flexibility index (Phi) is 4.78. The van der Waals surface area contributed by atoms with Crippen molar-refractivity contribution in [3.8, 4) is 5.75 Å². The van der Waals surface area contributed by atoms with Gasteiger partial charge in [-0.3, -0.25) is 4.79 Å². The van der Waals surface area contributed by atoms with Crippen LogP contribution < -0.4 is 4.74 Å². The van der Waals surface area contributed by atoms with Crippen LogP contribution in [0.2, 0.25) is 0 Å². The molecule has 0 saturated carbocycles. The van der Waals surface area contributed by atoms with Gasteiger partial charge in [0.05, 0.1) is 18.3 Å². The van der Waals surface area contributed by atoms with Crippen LogP contribution in [-0.4, -0.2) is 25.1 Å². The molecule has 98 valence electrons. The first-order valence-corrected chi connectivity index (χ1v) is 7.07. The first-order valence-electron chi connectivity index (χ1n) is 6.28. The Balaban J connectivity index is 2.14. The third-order valence-electron chi connectivity index (χ3n) is 2.98. The lowest BCUT2D eigenvalue weighted by molar-refractivity contribution is 0.0773. The molecule has 1 aromatic carbocycles. The highest BCUT2D eigenvalue weighted by molar-refractivity contribution is 9.10. The Morgan fingerprint density at radius 1 is 1.56 bits per heavy atom. The van der Waals surface area contributed by atoms with Crippen LogP contribution in [0.4, 0.5) is 0 Å². The van der Waals surface area contributed by atoms with Crippen LogP contribution in [-0.2, 0) is 4.74 Å². The van der Waals surface area contributed by atoms with E-state index < -0.39 is 0 Å². The van der Waals surface area contributed by atoms with E-state index in [9.17, 15) is 4.79 Å². The second-order valence-electron chi connectivity index (χ2n) is 4.34. The fourth-order valence-electron chi connectivity index (χ4n) is 2.12. The van der Waals surface area contributed by atoms with E-state index in [1.165, 1.54) is 0 Å². The molecule has 1 atom stereocenters. The third kappa shape index (κ3) is 3.33. The van der Waals surface area contributed by atoms with Crippen molar-refractivity contribution < 1.29 is 14.3 Å². The number of benzene rings is 1. The predicted octanol–water partition coefficient (Wildman–Crippen LogP) is 3.60. The van der Waals surface area contributed by atoms with Crippen molar-refractivity contribution in [1.29, 1.82) is 0 Å². The molecule has 0 aliphatic carbocycles. The predicted molar refractivity (Wildman–Crippen MR) is 73.2 cm³/mol. The molecule has 0 amide bonds. The van der Waals surface area contributed by atoms with E-state index in [0.717, 1.165) is 23.9 Å². The van der Waals surface area contributed by atoms with Gasteiger partial charge in [-0.15, -0.1) is 0 Å². The second kappa shape index (κ2) is 6.34. The van der Waals surface area contributed by atoms with E-state index in [4.69, 9.17) is 9.47 Å². The standard InChI is InChI=1S/C14H17BrO3/c1-2-17-14-6-5-10(15)8-12(14)13(16)9-11-4-3-7-18-11/h5-6,8,11H,2-4,7,9H2,1H3. The Morgan fingerprint density at radius 3 is 3.06 bits per heavy atom. The van der Waals surface area contributed by atoms with Gasteiger partial charge >= 0.3 is 0 Å². The highest BCUT2D eigenvalue weighted by Crippen LogP contribution is 2.26. The van der Waals surface area contributed by atoms with Gasteiger partial charge in [-0.2, -0.15) is 0 Å². The zero-order valence-electron chi connectivity index (χ0n) is 10.4. The maximum Gasteiger partial charge on any atom is 0.169 e. The zero-order valence-corrected chi connectivity index (χ0v) is 12.0. The number of ketones is 1. The first kappa shape index (κ1) is 13.6. The van der Waals surface area contributed by atoms with Crippen LogP contribution in [0.1, 0.15) is 36.5 Å². The highest BCUT2D eigenvalue weighted by Gasteiger charge is 2.22. The molecule has 0 bridgehead atoms. The highest BCUT2D eigenvalue weighted by atomic mass is 79.9. The number of rotatable bonds is 5. The van der Waals surface area contributed by atoms with Crippen LogP contribution >= 0.6 is 15.9 Å². The molecule has 0 radical (unpaired) electrons. The number of carbonyl (C=O) groups is 1. The Morgan fingerprint density at radius 2 is 2.39 bits per heavy atom. The summed E-state index contributed by atoms with van der Waals surface area (Å²) in [7, 11) is 0. The Bertz CT molecular complexity index is 425. The van der Waals surface area contributed by atoms with Crippen LogP contribution in [0.25, 0.3) is 0 Å². The van der Waals surface area contributed by atoms with Crippen molar-refractivity contribution in [3.05, 3.63) is 28.2 Å². The molecule has 0 aromatic heterocycles. The summed E-state index contributed by atoms with van der Waals surface area (Å²) < 4.78 is 11.9. The van der Waals surface area contributed by atoms with E-state index in [2.05, 4.69) is 15.9 Å². The summed E-state index contributed by atoms with van der Waals surface area (Å²) in [5.41, 5.74) is 0.640. The molecule has 18 heavy (non-hydrogen) atoms. The largest absolute Gasteiger partial charge is 0.493 e. The quantitative estimate of drug-likeness (QED) is 0.779. The topological polar surface area (TPSA) is 35.5 Å². The van der Waals surface area contributed by atoms with E-state index in [-0.39, 0.29) is 11.9 Å². The van der Waals surface area contributed by atoms with E-state index in [1.807, 2.05) is 25.1 Å². The number of hydrogen-bond donors (Lipinski definition) is 0. The SMILES string of the molecule is CCOc1ccc(Br)cc1C(=O)CC1CCCO1. The van der Waals surface area contributed by atoms with Gasteiger partial charge in [-0.25, -0.2) is 0 Å². The Labute approximate surface area is 116 Å². The first-order chi connectivity index (χ1) is 8.70. The van der Waals surface area contributed by atoms with Gasteiger partial charge in [-0.05, 0) is 38.0 Å². The van der Waals surface area contributed by atoms with Crippen molar-refractivity contribution in [2.45, 2.75) is 32.3 Å². The minimum absolute atomic E-state index is 0.0750. The normalized spacial score (nSPS) is 18.9. The zero-order chi connectivity index (χ0) is 13.0. The monoisotopic (exact) mass is 312 g/mol. The van der Waals surface area contributed by atoms with E-state index in [0.29, 0.717) is 24.3 Å². The summed E-state index contributed by atoms with van der Waals surface area (Å²) in [6.45, 7) is 3.24. The number of Topliss-reactive ketones (excluding diaryl/α,β-unsaturated/α-hetero) is 1. The summed E-state index contributed by atoms with van der Waals surface area (Å²) >= 11 is 3.39. The summed E-state index contributed by atoms with van der Waals surface area (Å²) in [5.74, 6) is 0.746. The molecule has 0 spiro atoms. The smallest absolute Gasteiger partial charge is 0.169 e. The number of carbonyl (C=O) groups excluding carboxylic acids is 1. The van der Waals surface area contributed by atoms with Gasteiger partial charge in [0.15, 0.2) is 5.78 Å². The molecular formula is C14H17BrO3. The molecule has 1 heterocycles. The summed E-state index contributed by atoms with van der Waals surface area (Å²) in [4.78, 5) is 12.3. The number of ether oxygens (including phenoxy) is 2. The average Bonchev–Trinajstić information content (AvgIpc) is 2.84. The molecule has 4 heteroatoms. The Hall–Kier alpha value is -0.870. The van der Waals surface area contributed by atoms with Crippen molar-refractivity contribution in [3.63, 3.8) is 0 Å². The summed E-state index contributed by atoms with van der Waals surface area (Å²) in [6.07, 6.45) is 2.54. The van der Waals surface area contributed by atoms with Crippen LogP contribution in [0.3, 0.4) is 0 Å². The molecule has 1 unspecified atom stereocenters. The van der Waals surface area contributed by atoms with Gasteiger partial charge in [0.25, 0.3) is 0 Å². The minimum atomic E-state index is 0.0750. The molecule has 0 N–H and O–H groups in total. The fourth-order valence-corrected chi connectivity index (χ4v) is 2.48. The fraction of sp³-hybridized carbons (Fsp3) is 0.500. The van der Waals surface area contributed by atoms with Gasteiger partial charge in [0.2, 0.25) is 0 Å². The minimum Gasteiger partial charge on any atom is -0.493 e. The molecule has 1 aliphatic rings. The third-order valence-corrected chi connectivity index (χ3v) is 3.47. The number of halogens is 1. The summed E-state index contributed by atoms with van der Waals surface area (Å²) in [5, 5.41) is 0. The molecule has 1 aliphatic heterocycles. The molecule has 3 nitrogen and oxygen atoms in total. The molecule has 2 rings (SSSR count). The molecular weight excluding hydrogens is 296 g/mol. The lowest BCUT2D eigenvalue weighted by atomic mass is 10.0. The maximum atomic E-state index is 12.3. The van der Waals surface area contributed by atoms with E-state index in [1.54, 1.807) is 0 Å². The maximum absolute atomic E-state index is 12.3. The van der Waals surface area contributed by atoms with Crippen molar-refractivity contribution >= 4 is 21.7 Å². The lowest BCUT2D eigenvalue weighted by Crippen LogP contribution is -2.13. The number of hydrogen-bond acceptors (Lipinski definition) is 3. The van der Waals surface area contributed by atoms with Crippen molar-refractivity contribution in [2.75, 3.05) is 13.2 Å². The van der Waals surface area contributed by atoms with Crippen LogP contribution in [0.5, 0.6) is 5.75 Å². The van der Waals surface area contributed by atoms with E-state index >= 15 is 0 Å². The average molecular weight is 313 g/mol. The lowest BCUT2D eigenvalue weighted by Gasteiger charge is -2.12. The second-order valence-corrected chi connectivity index (χ2v) is 5.25. The van der Waals surface area contributed by atoms with Gasteiger partial charge in [-0.1, -0.05) is 15.9 Å². The van der Waals surface area contributed by atoms with Gasteiger partial charge < -0.3 is 9.47 Å². The van der Waals surface area contributed by atoms with Crippen molar-refractivity contribution in [2.24, 2.45) is 0 Å². The van der Waals surface area contributed by atoms with Crippen LogP contribution in [0, 0.1) is 0 Å². The molecule has 1 saturated heterocycles. The van der Waals surface area contributed by atoms with Crippen molar-refractivity contribution in [1.82, 2.24) is 0 Å². The molecule has 1 aromatic rings. The van der Waals surface area contributed by atoms with Crippen LogP contribution in [0.15, 0.2) is 22.7 Å². The molecule has 1 fully saturated rings.